The maximum Gasteiger partial charge on any atom is 0.210 e. The summed E-state index contributed by atoms with van der Waals surface area (Å²) in [6.07, 6.45) is 0. The first-order chi connectivity index (χ1) is 7.19. The first-order valence-corrected chi connectivity index (χ1v) is 5.16. The fraction of sp³-hybridized carbons (Fsp3) is 0.222. The largest absolute Gasteiger partial charge is 0.323 e. The van der Waals surface area contributed by atoms with Crippen molar-refractivity contribution in [1.29, 1.82) is 0 Å². The molecule has 1 aromatic carbocycles. The molecule has 1 aromatic rings. The molecule has 0 spiro atoms. The lowest BCUT2D eigenvalue weighted by atomic mass is 10.3. The first-order valence-electron chi connectivity index (χ1n) is 4.41. The zero-order valence-corrected chi connectivity index (χ0v) is 9.73. The van der Waals surface area contributed by atoms with Crippen LogP contribution in [0.3, 0.4) is 0 Å². The molecule has 0 saturated heterocycles. The third-order valence-corrected chi connectivity index (χ3v) is 2.29. The highest BCUT2D eigenvalue weighted by Crippen LogP contribution is 2.29. The minimum absolute atomic E-state index is 0.424. The second-order valence-corrected chi connectivity index (χ2v) is 3.50. The third kappa shape index (κ3) is 3.27. The lowest BCUT2D eigenvalue weighted by Crippen LogP contribution is -2.36. The standard InChI is InChI=1S/C9H12Cl2N4/c1-2-13-9(15-12)14-8-6(10)4-3-5-7(8)11/h3-5H,2,12H2,1H3,(H2,13,14,15). The second-order valence-electron chi connectivity index (χ2n) is 2.69. The lowest BCUT2D eigenvalue weighted by molar-refractivity contribution is 0.986. The number of nitrogens with one attached hydrogen (secondary N) is 2. The number of para-hydroxylation sites is 1. The van der Waals surface area contributed by atoms with Gasteiger partial charge in [0, 0.05) is 6.54 Å². The van der Waals surface area contributed by atoms with Crippen molar-refractivity contribution in [3.8, 4) is 0 Å². The Morgan fingerprint density at radius 2 is 2.00 bits per heavy atom. The van der Waals surface area contributed by atoms with Crippen LogP contribution >= 0.6 is 23.2 Å². The van der Waals surface area contributed by atoms with Crippen LogP contribution in [0.2, 0.25) is 10.0 Å². The van der Waals surface area contributed by atoms with Crippen molar-refractivity contribution in [1.82, 2.24) is 5.43 Å². The number of guanidine groups is 1. The van der Waals surface area contributed by atoms with Gasteiger partial charge in [0.25, 0.3) is 0 Å². The molecule has 0 aromatic heterocycles. The van der Waals surface area contributed by atoms with E-state index in [0.29, 0.717) is 28.2 Å². The Bertz CT molecular complexity index is 345. The topological polar surface area (TPSA) is 62.4 Å². The molecular weight excluding hydrogens is 235 g/mol. The van der Waals surface area contributed by atoms with Gasteiger partial charge < -0.3 is 5.32 Å². The molecule has 6 heteroatoms. The molecule has 0 fully saturated rings. The minimum atomic E-state index is 0.424. The van der Waals surface area contributed by atoms with E-state index in [0.717, 1.165) is 0 Å². The fourth-order valence-corrected chi connectivity index (χ4v) is 1.51. The zero-order valence-electron chi connectivity index (χ0n) is 8.22. The zero-order chi connectivity index (χ0) is 11.3. The molecule has 0 aliphatic heterocycles. The van der Waals surface area contributed by atoms with Crippen LogP contribution in [0.25, 0.3) is 0 Å². The van der Waals surface area contributed by atoms with Gasteiger partial charge in [0.2, 0.25) is 5.96 Å². The summed E-state index contributed by atoms with van der Waals surface area (Å²) in [5, 5.41) is 3.95. The highest BCUT2D eigenvalue weighted by molar-refractivity contribution is 6.39. The number of rotatable bonds is 2. The monoisotopic (exact) mass is 246 g/mol. The van der Waals surface area contributed by atoms with E-state index in [-0.39, 0.29) is 0 Å². The van der Waals surface area contributed by atoms with Crippen LogP contribution in [0.1, 0.15) is 6.92 Å². The molecule has 0 heterocycles. The lowest BCUT2D eigenvalue weighted by Gasteiger charge is -2.11. The summed E-state index contributed by atoms with van der Waals surface area (Å²) in [5.74, 6) is 5.70. The Morgan fingerprint density at radius 3 is 2.47 bits per heavy atom. The quantitative estimate of drug-likeness (QED) is 0.325. The summed E-state index contributed by atoms with van der Waals surface area (Å²) in [6, 6.07) is 5.23. The van der Waals surface area contributed by atoms with E-state index in [1.165, 1.54) is 0 Å². The van der Waals surface area contributed by atoms with Gasteiger partial charge in [0.05, 0.1) is 15.7 Å². The number of hydrogen-bond donors (Lipinski definition) is 3. The van der Waals surface area contributed by atoms with Gasteiger partial charge in [0.15, 0.2) is 0 Å². The molecule has 0 atom stereocenters. The van der Waals surface area contributed by atoms with E-state index in [4.69, 9.17) is 29.0 Å². The van der Waals surface area contributed by atoms with Crippen molar-refractivity contribution >= 4 is 34.8 Å². The number of anilines is 1. The number of hydrogen-bond acceptors (Lipinski definition) is 2. The Hall–Kier alpha value is -0.970. The molecule has 1 rings (SSSR count). The van der Waals surface area contributed by atoms with E-state index >= 15 is 0 Å². The molecule has 82 valence electrons. The van der Waals surface area contributed by atoms with Crippen molar-refractivity contribution < 1.29 is 0 Å². The van der Waals surface area contributed by atoms with Gasteiger partial charge in [-0.25, -0.2) is 5.84 Å². The number of nitrogens with zero attached hydrogens (tertiary/aromatic N) is 1. The molecule has 0 radical (unpaired) electrons. The number of benzene rings is 1. The van der Waals surface area contributed by atoms with Crippen LogP contribution in [-0.2, 0) is 0 Å². The molecule has 15 heavy (non-hydrogen) atoms. The first kappa shape index (κ1) is 12.1. The number of nitrogens with two attached hydrogens (primary N) is 1. The molecule has 4 N–H and O–H groups in total. The molecular formula is C9H12Cl2N4. The summed E-state index contributed by atoms with van der Waals surface area (Å²) < 4.78 is 0. The van der Waals surface area contributed by atoms with Crippen molar-refractivity contribution in [2.24, 2.45) is 10.8 Å². The Kier molecular flexibility index (Phi) is 4.68. The maximum atomic E-state index is 5.96. The predicted molar refractivity (Wildman–Crippen MR) is 65.4 cm³/mol. The average molecular weight is 247 g/mol. The van der Waals surface area contributed by atoms with Gasteiger partial charge in [-0.05, 0) is 19.1 Å². The molecule has 0 saturated carbocycles. The number of aliphatic imine (C=N–C) groups is 1. The summed E-state index contributed by atoms with van der Waals surface area (Å²) >= 11 is 11.9. The SMILES string of the molecule is CCN=C(NN)Nc1c(Cl)cccc1Cl. The molecule has 0 bridgehead atoms. The van der Waals surface area contributed by atoms with Crippen LogP contribution in [0, 0.1) is 0 Å². The fourth-order valence-electron chi connectivity index (χ4n) is 1.02. The molecule has 0 aliphatic carbocycles. The van der Waals surface area contributed by atoms with Crippen LogP contribution < -0.4 is 16.6 Å². The van der Waals surface area contributed by atoms with Crippen LogP contribution in [-0.4, -0.2) is 12.5 Å². The van der Waals surface area contributed by atoms with Gasteiger partial charge in [0.1, 0.15) is 0 Å². The van der Waals surface area contributed by atoms with Gasteiger partial charge in [-0.15, -0.1) is 0 Å². The minimum Gasteiger partial charge on any atom is -0.323 e. The predicted octanol–water partition coefficient (Wildman–Crippen LogP) is 2.24. The second kappa shape index (κ2) is 5.80. The van der Waals surface area contributed by atoms with Crippen molar-refractivity contribution in [3.05, 3.63) is 28.2 Å². The average Bonchev–Trinajstić information content (AvgIpc) is 2.22. The van der Waals surface area contributed by atoms with Crippen LogP contribution in [0.15, 0.2) is 23.2 Å². The summed E-state index contributed by atoms with van der Waals surface area (Å²) in [5.41, 5.74) is 3.02. The van der Waals surface area contributed by atoms with E-state index < -0.39 is 0 Å². The summed E-state index contributed by atoms with van der Waals surface area (Å²) in [4.78, 5) is 4.07. The van der Waals surface area contributed by atoms with Gasteiger partial charge in [-0.2, -0.15) is 0 Å². The summed E-state index contributed by atoms with van der Waals surface area (Å²) in [6.45, 7) is 2.50. The highest BCUT2D eigenvalue weighted by atomic mass is 35.5. The third-order valence-electron chi connectivity index (χ3n) is 1.66. The molecule has 0 amide bonds. The highest BCUT2D eigenvalue weighted by Gasteiger charge is 2.06. The molecule has 0 unspecified atom stereocenters. The smallest absolute Gasteiger partial charge is 0.210 e. The van der Waals surface area contributed by atoms with Crippen molar-refractivity contribution in [3.63, 3.8) is 0 Å². The molecule has 0 aliphatic rings. The number of hydrazine groups is 1. The van der Waals surface area contributed by atoms with Gasteiger partial charge in [-0.3, -0.25) is 10.4 Å². The summed E-state index contributed by atoms with van der Waals surface area (Å²) in [7, 11) is 0. The van der Waals surface area contributed by atoms with E-state index in [1.54, 1.807) is 18.2 Å². The van der Waals surface area contributed by atoms with Gasteiger partial charge >= 0.3 is 0 Å². The van der Waals surface area contributed by atoms with E-state index in [2.05, 4.69) is 15.7 Å². The maximum absolute atomic E-state index is 5.96. The van der Waals surface area contributed by atoms with Gasteiger partial charge in [-0.1, -0.05) is 29.3 Å². The van der Waals surface area contributed by atoms with Crippen LogP contribution in [0.4, 0.5) is 5.69 Å². The normalized spacial score (nSPS) is 11.3. The van der Waals surface area contributed by atoms with Crippen molar-refractivity contribution in [2.75, 3.05) is 11.9 Å². The number of halogens is 2. The Labute approximate surface area is 98.4 Å². The Balaban J connectivity index is 2.93. The van der Waals surface area contributed by atoms with Crippen LogP contribution in [0.5, 0.6) is 0 Å². The van der Waals surface area contributed by atoms with E-state index in [9.17, 15) is 0 Å². The van der Waals surface area contributed by atoms with Crippen molar-refractivity contribution in [2.45, 2.75) is 6.92 Å². The Morgan fingerprint density at radius 1 is 1.40 bits per heavy atom. The molecule has 4 nitrogen and oxygen atoms in total. The van der Waals surface area contributed by atoms with E-state index in [1.807, 2.05) is 6.92 Å².